The van der Waals surface area contributed by atoms with Crippen LogP contribution in [0.1, 0.15) is 58.3 Å². The number of hydrogen-bond acceptors (Lipinski definition) is 6. The van der Waals surface area contributed by atoms with Crippen LogP contribution in [0.4, 0.5) is 18.2 Å². The number of amides is 1. The van der Waals surface area contributed by atoms with Gasteiger partial charge in [0.25, 0.3) is 5.91 Å². The molecule has 0 unspecified atom stereocenters. The maximum Gasteiger partial charge on any atom is 0.573 e. The average Bonchev–Trinajstić information content (AvgIpc) is 3.20. The number of aryl methyl sites for hydroxylation is 1. The highest BCUT2D eigenvalue weighted by molar-refractivity contribution is 7.16. The fraction of sp³-hybridized carbons (Fsp3) is 0.269. The molecule has 0 bridgehead atoms. The molecular weight excluding hydrogens is 511 g/mol. The topological polar surface area (TPSA) is 102 Å². The van der Waals surface area contributed by atoms with Gasteiger partial charge >= 0.3 is 12.3 Å². The Balaban J connectivity index is 1.76. The van der Waals surface area contributed by atoms with E-state index in [9.17, 15) is 27.6 Å². The second-order valence-electron chi connectivity index (χ2n) is 8.62. The van der Waals surface area contributed by atoms with Crippen molar-refractivity contribution in [3.05, 3.63) is 76.2 Å². The molecule has 0 saturated carbocycles. The summed E-state index contributed by atoms with van der Waals surface area (Å²) >= 11 is 1.23. The van der Waals surface area contributed by atoms with Crippen LogP contribution in [-0.4, -0.2) is 34.7 Å². The number of benzene rings is 2. The Labute approximate surface area is 214 Å². The van der Waals surface area contributed by atoms with Gasteiger partial charge in [0.05, 0.1) is 12.0 Å². The maximum atomic E-state index is 13.1. The molecule has 196 valence electrons. The first-order valence-corrected chi connectivity index (χ1v) is 11.9. The van der Waals surface area contributed by atoms with Gasteiger partial charge in [-0.05, 0) is 74.9 Å². The van der Waals surface area contributed by atoms with Crippen LogP contribution in [0.25, 0.3) is 0 Å². The number of ketones is 1. The van der Waals surface area contributed by atoms with Gasteiger partial charge in [-0.25, -0.2) is 0 Å². The van der Waals surface area contributed by atoms with E-state index in [-0.39, 0.29) is 23.1 Å². The second-order valence-corrected chi connectivity index (χ2v) is 9.76. The Hall–Kier alpha value is -3.86. The Bertz CT molecular complexity index is 1280. The third-order valence-corrected chi connectivity index (χ3v) is 6.24. The number of ether oxygens (including phenoxy) is 2. The van der Waals surface area contributed by atoms with Gasteiger partial charge in [0.1, 0.15) is 22.1 Å². The van der Waals surface area contributed by atoms with Crippen LogP contribution in [0.3, 0.4) is 0 Å². The molecule has 0 spiro atoms. The van der Waals surface area contributed by atoms with Gasteiger partial charge in [-0.15, -0.1) is 24.5 Å². The molecule has 2 aromatic carbocycles. The van der Waals surface area contributed by atoms with Crippen molar-refractivity contribution in [3.63, 3.8) is 0 Å². The molecule has 0 saturated heterocycles. The summed E-state index contributed by atoms with van der Waals surface area (Å²) in [4.78, 5) is 37.8. The lowest BCUT2D eigenvalue weighted by atomic mass is 10.0. The molecule has 0 aliphatic rings. The minimum absolute atomic E-state index is 0.135. The monoisotopic (exact) mass is 535 g/mol. The quantitative estimate of drug-likeness (QED) is 0.295. The summed E-state index contributed by atoms with van der Waals surface area (Å²) in [7, 11) is 0. The average molecular weight is 536 g/mol. The highest BCUT2D eigenvalue weighted by Crippen LogP contribution is 2.32. The van der Waals surface area contributed by atoms with Gasteiger partial charge in [-0.2, -0.15) is 0 Å². The van der Waals surface area contributed by atoms with Crippen LogP contribution in [0, 0.1) is 0 Å². The third kappa shape index (κ3) is 7.81. The van der Waals surface area contributed by atoms with Crippen LogP contribution in [0.2, 0.25) is 0 Å². The van der Waals surface area contributed by atoms with Crippen LogP contribution >= 0.6 is 11.3 Å². The Morgan fingerprint density at radius 1 is 0.919 bits per heavy atom. The zero-order chi connectivity index (χ0) is 27.4. The van der Waals surface area contributed by atoms with E-state index in [0.717, 1.165) is 17.0 Å². The first-order valence-electron chi connectivity index (χ1n) is 11.1. The molecule has 3 rings (SSSR count). The van der Waals surface area contributed by atoms with Gasteiger partial charge in [-0.1, -0.05) is 6.92 Å². The van der Waals surface area contributed by atoms with E-state index >= 15 is 0 Å². The number of nitrogens with one attached hydrogen (secondary N) is 1. The van der Waals surface area contributed by atoms with Crippen LogP contribution < -0.4 is 14.8 Å². The Morgan fingerprint density at radius 3 is 1.97 bits per heavy atom. The molecule has 37 heavy (non-hydrogen) atoms. The van der Waals surface area contributed by atoms with Crippen molar-refractivity contribution in [2.75, 3.05) is 5.32 Å². The van der Waals surface area contributed by atoms with E-state index in [2.05, 4.69) is 10.1 Å². The molecule has 1 amide bonds. The highest BCUT2D eigenvalue weighted by atomic mass is 32.1. The largest absolute Gasteiger partial charge is 0.573 e. The molecule has 1 heterocycles. The number of thiophene rings is 1. The fourth-order valence-corrected chi connectivity index (χ4v) is 4.40. The van der Waals surface area contributed by atoms with Gasteiger partial charge in [-0.3, -0.25) is 14.4 Å². The molecule has 0 radical (unpaired) electrons. The summed E-state index contributed by atoms with van der Waals surface area (Å²) in [5.41, 5.74) is -0.317. The number of carboxylic acid groups (broad SMARTS) is 1. The molecule has 3 aromatic rings. The van der Waals surface area contributed by atoms with Crippen molar-refractivity contribution in [3.8, 4) is 11.5 Å². The molecule has 0 aliphatic heterocycles. The number of carboxylic acids is 1. The fourth-order valence-electron chi connectivity index (χ4n) is 3.41. The number of hydrogen-bond donors (Lipinski definition) is 2. The van der Waals surface area contributed by atoms with Crippen LogP contribution in [-0.2, 0) is 11.2 Å². The van der Waals surface area contributed by atoms with E-state index in [4.69, 9.17) is 9.84 Å². The van der Waals surface area contributed by atoms with E-state index in [1.807, 2.05) is 6.92 Å². The number of aliphatic carboxylic acids is 1. The van der Waals surface area contributed by atoms with E-state index < -0.39 is 35.4 Å². The second kappa shape index (κ2) is 11.0. The number of halogens is 3. The SMILES string of the molecule is CCc1cc(C(=O)c2ccc(OC(F)(F)F)cc2)c(NC(=O)c2ccc(OC(C)(C)CC(=O)O)cc2)s1. The lowest BCUT2D eigenvalue weighted by Gasteiger charge is -2.24. The lowest BCUT2D eigenvalue weighted by molar-refractivity contribution is -0.274. The minimum atomic E-state index is -4.84. The Kier molecular flexibility index (Phi) is 8.27. The van der Waals surface area contributed by atoms with Gasteiger partial charge in [0, 0.05) is 16.0 Å². The highest BCUT2D eigenvalue weighted by Gasteiger charge is 2.31. The van der Waals surface area contributed by atoms with Crippen molar-refractivity contribution in [1.29, 1.82) is 0 Å². The first-order chi connectivity index (χ1) is 17.3. The Morgan fingerprint density at radius 2 is 1.46 bits per heavy atom. The summed E-state index contributed by atoms with van der Waals surface area (Å²) < 4.78 is 46.7. The first kappa shape index (κ1) is 27.7. The number of carbonyl (C=O) groups excluding carboxylic acids is 2. The predicted molar refractivity (Wildman–Crippen MR) is 132 cm³/mol. The normalized spacial score (nSPS) is 11.6. The third-order valence-electron chi connectivity index (χ3n) is 5.04. The smallest absolute Gasteiger partial charge is 0.487 e. The zero-order valence-corrected chi connectivity index (χ0v) is 21.0. The van der Waals surface area contributed by atoms with Gasteiger partial charge < -0.3 is 19.9 Å². The summed E-state index contributed by atoms with van der Waals surface area (Å²) in [6.45, 7) is 5.16. The summed E-state index contributed by atoms with van der Waals surface area (Å²) in [5.74, 6) is -2.01. The molecular formula is C26H24F3NO6S. The molecule has 7 nitrogen and oxygen atoms in total. The van der Waals surface area contributed by atoms with Gasteiger partial charge in [0.2, 0.25) is 0 Å². The van der Waals surface area contributed by atoms with E-state index in [1.54, 1.807) is 32.0 Å². The molecule has 0 atom stereocenters. The maximum absolute atomic E-state index is 13.1. The van der Waals surface area contributed by atoms with Crippen molar-refractivity contribution in [2.45, 2.75) is 45.6 Å². The number of rotatable bonds is 10. The zero-order valence-electron chi connectivity index (χ0n) is 20.1. The van der Waals surface area contributed by atoms with Crippen molar-refractivity contribution in [2.24, 2.45) is 0 Å². The molecule has 0 aliphatic carbocycles. The van der Waals surface area contributed by atoms with Crippen LogP contribution in [0.15, 0.2) is 54.6 Å². The number of anilines is 1. The van der Waals surface area contributed by atoms with Crippen molar-refractivity contribution >= 4 is 34.0 Å². The van der Waals surface area contributed by atoms with Gasteiger partial charge in [0.15, 0.2) is 5.78 Å². The summed E-state index contributed by atoms with van der Waals surface area (Å²) in [5, 5.41) is 12.0. The van der Waals surface area contributed by atoms with E-state index in [0.29, 0.717) is 17.2 Å². The lowest BCUT2D eigenvalue weighted by Crippen LogP contribution is -2.31. The molecule has 1 aromatic heterocycles. The van der Waals surface area contributed by atoms with Crippen molar-refractivity contribution in [1.82, 2.24) is 0 Å². The summed E-state index contributed by atoms with van der Waals surface area (Å²) in [6, 6.07) is 12.3. The summed E-state index contributed by atoms with van der Waals surface area (Å²) in [6.07, 6.45) is -4.44. The standard InChI is InChI=1S/C26H24F3NO6S/c1-4-19-13-20(22(33)15-5-9-18(10-6-15)36-26(27,28)29)24(37-19)30-23(34)16-7-11-17(12-8-16)35-25(2,3)14-21(31)32/h5-13H,4,14H2,1-3H3,(H,30,34)(H,31,32). The predicted octanol–water partition coefficient (Wildman–Crippen LogP) is 6.32. The number of carbonyl (C=O) groups is 3. The molecule has 0 fully saturated rings. The molecule has 11 heteroatoms. The van der Waals surface area contributed by atoms with Crippen molar-refractivity contribution < 1.29 is 42.1 Å². The minimum Gasteiger partial charge on any atom is -0.487 e. The van der Waals surface area contributed by atoms with E-state index in [1.165, 1.54) is 35.6 Å². The number of alkyl halides is 3. The van der Waals surface area contributed by atoms with Crippen LogP contribution in [0.5, 0.6) is 11.5 Å². The molecule has 2 N–H and O–H groups in total.